The Morgan fingerprint density at radius 3 is 2.58 bits per heavy atom. The van der Waals surface area contributed by atoms with Crippen LogP contribution in [0.25, 0.3) is 5.57 Å². The summed E-state index contributed by atoms with van der Waals surface area (Å²) in [5.74, 6) is -0.432. The number of hydrogen-bond acceptors (Lipinski definition) is 2. The SMILES string of the molecule is CCN1c2cc(C)c(C=Nc3ccc(F)c(Cl)c3)cc2C(C)=CC1(C)C. The maximum atomic E-state index is 13.3. The van der Waals surface area contributed by atoms with Crippen molar-refractivity contribution in [2.75, 3.05) is 11.4 Å². The minimum Gasteiger partial charge on any atom is -0.363 e. The molecule has 0 saturated carbocycles. The highest BCUT2D eigenvalue weighted by Crippen LogP contribution is 2.39. The molecule has 2 aromatic rings. The second kappa shape index (κ2) is 6.88. The molecule has 1 aliphatic heterocycles. The first-order chi connectivity index (χ1) is 12.2. The van der Waals surface area contributed by atoms with Crippen LogP contribution in [0.1, 0.15) is 44.4 Å². The van der Waals surface area contributed by atoms with Crippen LogP contribution in [0.5, 0.6) is 0 Å². The second-order valence-corrected chi connectivity index (χ2v) is 7.72. The van der Waals surface area contributed by atoms with Crippen LogP contribution in [0.15, 0.2) is 41.4 Å². The summed E-state index contributed by atoms with van der Waals surface area (Å²) < 4.78 is 13.3. The maximum Gasteiger partial charge on any atom is 0.141 e. The number of nitrogens with zero attached hydrogens (tertiary/aromatic N) is 2. The van der Waals surface area contributed by atoms with Crippen molar-refractivity contribution in [3.05, 3.63) is 63.9 Å². The fourth-order valence-corrected chi connectivity index (χ4v) is 3.85. The summed E-state index contributed by atoms with van der Waals surface area (Å²) >= 11 is 5.84. The number of allylic oxidation sites excluding steroid dienone is 1. The van der Waals surface area contributed by atoms with Crippen LogP contribution in [-0.4, -0.2) is 18.3 Å². The van der Waals surface area contributed by atoms with Crippen LogP contribution in [0.4, 0.5) is 15.8 Å². The zero-order valence-electron chi connectivity index (χ0n) is 15.9. The number of aryl methyl sites for hydroxylation is 1. The molecule has 0 fully saturated rings. The predicted molar refractivity (Wildman–Crippen MR) is 111 cm³/mol. The molecule has 0 aromatic heterocycles. The van der Waals surface area contributed by atoms with Crippen LogP contribution in [0.2, 0.25) is 5.02 Å². The van der Waals surface area contributed by atoms with E-state index in [0.717, 1.165) is 17.7 Å². The molecule has 0 saturated heterocycles. The van der Waals surface area contributed by atoms with Gasteiger partial charge in [-0.3, -0.25) is 4.99 Å². The summed E-state index contributed by atoms with van der Waals surface area (Å²) in [4.78, 5) is 6.89. The lowest BCUT2D eigenvalue weighted by Gasteiger charge is -2.43. The Kier molecular flexibility index (Phi) is 4.94. The second-order valence-electron chi connectivity index (χ2n) is 7.31. The molecule has 0 radical (unpaired) electrons. The third-order valence-corrected chi connectivity index (χ3v) is 5.23. The van der Waals surface area contributed by atoms with Gasteiger partial charge in [0.1, 0.15) is 5.82 Å². The van der Waals surface area contributed by atoms with Crippen molar-refractivity contribution in [3.8, 4) is 0 Å². The van der Waals surface area contributed by atoms with Crippen molar-refractivity contribution in [1.82, 2.24) is 0 Å². The van der Waals surface area contributed by atoms with Crippen molar-refractivity contribution >= 4 is 34.8 Å². The molecule has 0 unspecified atom stereocenters. The Morgan fingerprint density at radius 2 is 1.92 bits per heavy atom. The fraction of sp³-hybridized carbons (Fsp3) is 0.318. The van der Waals surface area contributed by atoms with Crippen molar-refractivity contribution < 1.29 is 4.39 Å². The highest BCUT2D eigenvalue weighted by molar-refractivity contribution is 6.31. The van der Waals surface area contributed by atoms with Crippen LogP contribution in [0, 0.1) is 12.7 Å². The molecule has 0 atom stereocenters. The Balaban J connectivity index is 2.02. The van der Waals surface area contributed by atoms with E-state index in [9.17, 15) is 4.39 Å². The van der Waals surface area contributed by atoms with E-state index in [1.807, 2.05) is 6.21 Å². The molecule has 3 rings (SSSR count). The minimum absolute atomic E-state index is 0.00125. The standard InChI is InChI=1S/C22H24ClFN2/c1-6-26-21-9-14(2)16(10-18(21)15(3)12-22(26,4)5)13-25-17-7-8-20(24)19(23)11-17/h7-13H,6H2,1-5H3. The first-order valence-electron chi connectivity index (χ1n) is 8.84. The number of rotatable bonds is 3. The first-order valence-corrected chi connectivity index (χ1v) is 9.22. The number of halogens is 2. The Bertz CT molecular complexity index is 913. The molecule has 136 valence electrons. The van der Waals surface area contributed by atoms with E-state index >= 15 is 0 Å². The summed E-state index contributed by atoms with van der Waals surface area (Å²) in [7, 11) is 0. The quantitative estimate of drug-likeness (QED) is 0.558. The van der Waals surface area contributed by atoms with Gasteiger partial charge in [0, 0.05) is 24.0 Å². The Hall–Kier alpha value is -2.13. The molecule has 1 aliphatic rings. The molecule has 2 nitrogen and oxygen atoms in total. The molecule has 0 aliphatic carbocycles. The summed E-state index contributed by atoms with van der Waals surface area (Å²) in [6, 6.07) is 8.91. The topological polar surface area (TPSA) is 15.6 Å². The van der Waals surface area contributed by atoms with E-state index in [4.69, 9.17) is 11.6 Å². The van der Waals surface area contributed by atoms with Crippen molar-refractivity contribution in [2.24, 2.45) is 4.99 Å². The molecule has 2 aromatic carbocycles. The molecule has 0 spiro atoms. The van der Waals surface area contributed by atoms with Gasteiger partial charge in [0.05, 0.1) is 16.2 Å². The zero-order chi connectivity index (χ0) is 19.1. The van der Waals surface area contributed by atoms with E-state index < -0.39 is 5.82 Å². The van der Waals surface area contributed by atoms with Crippen molar-refractivity contribution in [1.29, 1.82) is 0 Å². The van der Waals surface area contributed by atoms with E-state index in [0.29, 0.717) is 5.69 Å². The molecule has 0 N–H and O–H groups in total. The lowest BCUT2D eigenvalue weighted by atomic mass is 9.87. The van der Waals surface area contributed by atoms with Gasteiger partial charge in [-0.2, -0.15) is 0 Å². The van der Waals surface area contributed by atoms with Crippen LogP contribution < -0.4 is 4.90 Å². The number of anilines is 1. The third-order valence-electron chi connectivity index (χ3n) is 4.94. The summed E-state index contributed by atoms with van der Waals surface area (Å²) in [5, 5.41) is 0.0846. The van der Waals surface area contributed by atoms with E-state index in [1.54, 1.807) is 6.07 Å². The fourth-order valence-electron chi connectivity index (χ4n) is 3.67. The molecule has 0 amide bonds. The summed E-state index contributed by atoms with van der Waals surface area (Å²) in [6.45, 7) is 11.9. The smallest absolute Gasteiger partial charge is 0.141 e. The molecule has 1 heterocycles. The lowest BCUT2D eigenvalue weighted by molar-refractivity contribution is 0.566. The molecular formula is C22H24ClFN2. The maximum absolute atomic E-state index is 13.3. The van der Waals surface area contributed by atoms with Gasteiger partial charge in [-0.1, -0.05) is 17.7 Å². The largest absolute Gasteiger partial charge is 0.363 e. The first kappa shape index (κ1) is 18.7. The zero-order valence-corrected chi connectivity index (χ0v) is 16.7. The number of hydrogen-bond donors (Lipinski definition) is 0. The Morgan fingerprint density at radius 1 is 1.19 bits per heavy atom. The summed E-state index contributed by atoms with van der Waals surface area (Å²) in [6.07, 6.45) is 4.14. The van der Waals surface area contributed by atoms with Crippen molar-refractivity contribution in [2.45, 2.75) is 40.2 Å². The van der Waals surface area contributed by atoms with E-state index in [-0.39, 0.29) is 10.6 Å². The number of benzene rings is 2. The molecular weight excluding hydrogens is 347 g/mol. The normalized spacial score (nSPS) is 16.0. The lowest BCUT2D eigenvalue weighted by Crippen LogP contribution is -2.45. The highest BCUT2D eigenvalue weighted by atomic mass is 35.5. The van der Waals surface area contributed by atoms with E-state index in [1.165, 1.54) is 29.0 Å². The number of likely N-dealkylation sites (N-methyl/N-ethyl adjacent to an activating group) is 1. The van der Waals surface area contributed by atoms with Crippen molar-refractivity contribution in [3.63, 3.8) is 0 Å². The van der Waals surface area contributed by atoms with Gasteiger partial charge in [0.15, 0.2) is 0 Å². The highest BCUT2D eigenvalue weighted by Gasteiger charge is 2.30. The molecule has 0 bridgehead atoms. The predicted octanol–water partition coefficient (Wildman–Crippen LogP) is 6.56. The van der Waals surface area contributed by atoms with Crippen LogP contribution in [0.3, 0.4) is 0 Å². The van der Waals surface area contributed by atoms with Gasteiger partial charge >= 0.3 is 0 Å². The molecule has 26 heavy (non-hydrogen) atoms. The third kappa shape index (κ3) is 3.41. The van der Waals surface area contributed by atoms with E-state index in [2.05, 4.69) is 62.7 Å². The van der Waals surface area contributed by atoms with Gasteiger partial charge in [0.25, 0.3) is 0 Å². The monoisotopic (exact) mass is 370 g/mol. The van der Waals surface area contributed by atoms with Gasteiger partial charge in [-0.05, 0) is 81.7 Å². The average Bonchev–Trinajstić information content (AvgIpc) is 2.56. The van der Waals surface area contributed by atoms with Gasteiger partial charge in [-0.15, -0.1) is 0 Å². The van der Waals surface area contributed by atoms with Crippen LogP contribution >= 0.6 is 11.6 Å². The Labute approximate surface area is 160 Å². The number of fused-ring (bicyclic) bond motifs is 1. The average molecular weight is 371 g/mol. The van der Waals surface area contributed by atoms with Gasteiger partial charge in [-0.25, -0.2) is 4.39 Å². The van der Waals surface area contributed by atoms with Gasteiger partial charge in [0.2, 0.25) is 0 Å². The van der Waals surface area contributed by atoms with Gasteiger partial charge < -0.3 is 4.90 Å². The number of aliphatic imine (C=N–C) groups is 1. The van der Waals surface area contributed by atoms with Crippen LogP contribution in [-0.2, 0) is 0 Å². The molecule has 4 heteroatoms. The minimum atomic E-state index is -0.432. The summed E-state index contributed by atoms with van der Waals surface area (Å²) in [5.41, 5.74) is 6.61.